The minimum atomic E-state index is 0.293. The third-order valence-electron chi connectivity index (χ3n) is 2.68. The van der Waals surface area contributed by atoms with Crippen LogP contribution in [0.1, 0.15) is 6.42 Å². The molecule has 0 radical (unpaired) electrons. The fraction of sp³-hybridized carbons (Fsp3) is 0.667. The third-order valence-corrected chi connectivity index (χ3v) is 2.68. The molecule has 1 aliphatic rings. The number of aromatic nitrogens is 2. The van der Waals surface area contributed by atoms with Crippen LogP contribution in [0.15, 0.2) is 12.3 Å². The van der Waals surface area contributed by atoms with E-state index in [1.54, 1.807) is 4.68 Å². The van der Waals surface area contributed by atoms with Crippen LogP contribution in [0.2, 0.25) is 0 Å². The van der Waals surface area contributed by atoms with Gasteiger partial charge in [0.2, 0.25) is 0 Å². The Bertz CT molecular complexity index is 297. The van der Waals surface area contributed by atoms with Crippen molar-refractivity contribution in [2.24, 2.45) is 13.0 Å². The lowest BCUT2D eigenvalue weighted by Crippen LogP contribution is -2.22. The maximum absolute atomic E-state index is 8.93. The van der Waals surface area contributed by atoms with Crippen molar-refractivity contribution in [3.63, 3.8) is 0 Å². The summed E-state index contributed by atoms with van der Waals surface area (Å²) < 4.78 is 1.79. The van der Waals surface area contributed by atoms with Crippen LogP contribution in [0.3, 0.4) is 0 Å². The number of hydrogen-bond acceptors (Lipinski definition) is 3. The normalized spacial score (nSPS) is 26.1. The highest BCUT2D eigenvalue weighted by molar-refractivity contribution is 5.39. The molecule has 1 fully saturated rings. The largest absolute Gasteiger partial charge is 0.396 e. The highest BCUT2D eigenvalue weighted by Gasteiger charge is 2.40. The van der Waals surface area contributed by atoms with Crippen molar-refractivity contribution in [3.8, 4) is 0 Å². The van der Waals surface area contributed by atoms with Crippen molar-refractivity contribution in [1.29, 1.82) is 0 Å². The van der Waals surface area contributed by atoms with E-state index in [2.05, 4.69) is 10.00 Å². The molecule has 0 aromatic carbocycles. The van der Waals surface area contributed by atoms with Crippen LogP contribution >= 0.6 is 0 Å². The van der Waals surface area contributed by atoms with E-state index in [0.717, 1.165) is 12.2 Å². The molecule has 1 aliphatic carbocycles. The maximum atomic E-state index is 8.93. The Kier molecular flexibility index (Phi) is 2.00. The van der Waals surface area contributed by atoms with Crippen molar-refractivity contribution in [1.82, 2.24) is 9.78 Å². The predicted octanol–water partition coefficient (Wildman–Crippen LogP) is 0.237. The summed E-state index contributed by atoms with van der Waals surface area (Å²) in [6, 6.07) is 2.48. The smallest absolute Gasteiger partial charge is 0.150 e. The minimum Gasteiger partial charge on any atom is -0.396 e. The molecule has 2 unspecified atom stereocenters. The summed E-state index contributed by atoms with van der Waals surface area (Å²) in [5, 5.41) is 13.2. The Morgan fingerprint density at radius 2 is 2.54 bits per heavy atom. The molecular weight excluding hydrogens is 166 g/mol. The average Bonchev–Trinajstić information content (AvgIpc) is 2.80. The summed E-state index contributed by atoms with van der Waals surface area (Å²) in [5.74, 6) is 1.44. The lowest BCUT2D eigenvalue weighted by molar-refractivity contribution is 0.273. The Morgan fingerprint density at radius 3 is 3.00 bits per heavy atom. The van der Waals surface area contributed by atoms with Crippen LogP contribution in [0.4, 0.5) is 5.82 Å². The van der Waals surface area contributed by atoms with Crippen molar-refractivity contribution in [2.75, 3.05) is 18.6 Å². The molecule has 0 bridgehead atoms. The molecule has 2 rings (SSSR count). The molecule has 1 heterocycles. The maximum Gasteiger partial charge on any atom is 0.150 e. The number of aryl methyl sites for hydroxylation is 1. The summed E-state index contributed by atoms with van der Waals surface area (Å²) in [6.07, 6.45) is 3.02. The fourth-order valence-electron chi connectivity index (χ4n) is 1.66. The molecule has 1 aromatic rings. The summed E-state index contributed by atoms with van der Waals surface area (Å²) in [4.78, 5) is 2.14. The molecule has 4 heteroatoms. The Hall–Kier alpha value is -1.03. The zero-order chi connectivity index (χ0) is 9.42. The average molecular weight is 181 g/mol. The second kappa shape index (κ2) is 3.03. The Labute approximate surface area is 77.8 Å². The molecule has 4 nitrogen and oxygen atoms in total. The molecule has 1 saturated carbocycles. The van der Waals surface area contributed by atoms with Gasteiger partial charge in [0, 0.05) is 44.9 Å². The van der Waals surface area contributed by atoms with E-state index in [9.17, 15) is 0 Å². The molecule has 1 N–H and O–H groups in total. The van der Waals surface area contributed by atoms with Crippen LogP contribution in [-0.4, -0.2) is 34.6 Å². The Morgan fingerprint density at radius 1 is 1.77 bits per heavy atom. The molecule has 13 heavy (non-hydrogen) atoms. The van der Waals surface area contributed by atoms with E-state index >= 15 is 0 Å². The van der Waals surface area contributed by atoms with E-state index < -0.39 is 0 Å². The van der Waals surface area contributed by atoms with Gasteiger partial charge in [-0.25, -0.2) is 0 Å². The van der Waals surface area contributed by atoms with Crippen LogP contribution < -0.4 is 4.90 Å². The quantitative estimate of drug-likeness (QED) is 0.726. The highest BCUT2D eigenvalue weighted by atomic mass is 16.3. The first-order chi connectivity index (χ1) is 6.22. The molecule has 72 valence electrons. The van der Waals surface area contributed by atoms with Gasteiger partial charge in [-0.15, -0.1) is 0 Å². The molecule has 0 amide bonds. The van der Waals surface area contributed by atoms with Gasteiger partial charge < -0.3 is 10.0 Å². The summed E-state index contributed by atoms with van der Waals surface area (Å²) in [7, 11) is 3.94. The number of nitrogens with zero attached hydrogens (tertiary/aromatic N) is 3. The molecular formula is C9H15N3O. The second-order valence-electron chi connectivity index (χ2n) is 3.70. The van der Waals surface area contributed by atoms with Gasteiger partial charge in [-0.3, -0.25) is 4.68 Å². The molecule has 0 spiro atoms. The van der Waals surface area contributed by atoms with Gasteiger partial charge in [0.05, 0.1) is 0 Å². The van der Waals surface area contributed by atoms with E-state index in [0.29, 0.717) is 18.6 Å². The van der Waals surface area contributed by atoms with Crippen molar-refractivity contribution in [3.05, 3.63) is 12.3 Å². The van der Waals surface area contributed by atoms with E-state index in [4.69, 9.17) is 5.11 Å². The molecule has 0 saturated heterocycles. The standard InChI is InChI=1S/C9H15N3O/c1-11-4-3-9(10-11)12(2)8-5-7(8)6-13/h3-4,7-8,13H,5-6H2,1-2H3. The van der Waals surface area contributed by atoms with Gasteiger partial charge in [-0.05, 0) is 6.42 Å². The van der Waals surface area contributed by atoms with Gasteiger partial charge in [-0.2, -0.15) is 5.10 Å². The van der Waals surface area contributed by atoms with Crippen molar-refractivity contribution in [2.45, 2.75) is 12.5 Å². The first kappa shape index (κ1) is 8.56. The topological polar surface area (TPSA) is 41.3 Å². The van der Waals surface area contributed by atoms with Gasteiger partial charge in [0.1, 0.15) is 0 Å². The molecule has 1 aromatic heterocycles. The van der Waals surface area contributed by atoms with E-state index in [-0.39, 0.29) is 0 Å². The van der Waals surface area contributed by atoms with Crippen LogP contribution in [-0.2, 0) is 7.05 Å². The second-order valence-corrected chi connectivity index (χ2v) is 3.70. The first-order valence-corrected chi connectivity index (χ1v) is 4.55. The number of aliphatic hydroxyl groups excluding tert-OH is 1. The van der Waals surface area contributed by atoms with Crippen molar-refractivity contribution < 1.29 is 5.11 Å². The molecule has 2 atom stereocenters. The lowest BCUT2D eigenvalue weighted by atomic mass is 10.4. The van der Waals surface area contributed by atoms with E-state index in [1.807, 2.05) is 26.4 Å². The molecule has 0 aliphatic heterocycles. The predicted molar refractivity (Wildman–Crippen MR) is 50.6 cm³/mol. The Balaban J connectivity index is 2.02. The third kappa shape index (κ3) is 1.54. The number of rotatable bonds is 3. The van der Waals surface area contributed by atoms with Crippen LogP contribution in [0.25, 0.3) is 0 Å². The monoisotopic (exact) mass is 181 g/mol. The lowest BCUT2D eigenvalue weighted by Gasteiger charge is -2.15. The summed E-state index contributed by atoms with van der Waals surface area (Å²) >= 11 is 0. The zero-order valence-electron chi connectivity index (χ0n) is 8.01. The minimum absolute atomic E-state index is 0.293. The summed E-state index contributed by atoms with van der Waals surface area (Å²) in [5.41, 5.74) is 0. The number of anilines is 1. The SMILES string of the molecule is CN(c1ccn(C)n1)C1CC1CO. The van der Waals surface area contributed by atoms with Crippen LogP contribution in [0.5, 0.6) is 0 Å². The first-order valence-electron chi connectivity index (χ1n) is 4.55. The zero-order valence-corrected chi connectivity index (χ0v) is 8.01. The van der Waals surface area contributed by atoms with Gasteiger partial charge in [-0.1, -0.05) is 0 Å². The van der Waals surface area contributed by atoms with Gasteiger partial charge >= 0.3 is 0 Å². The van der Waals surface area contributed by atoms with Crippen LogP contribution in [0, 0.1) is 5.92 Å². The van der Waals surface area contributed by atoms with Crippen molar-refractivity contribution >= 4 is 5.82 Å². The number of hydrogen-bond donors (Lipinski definition) is 1. The van der Waals surface area contributed by atoms with Gasteiger partial charge in [0.25, 0.3) is 0 Å². The van der Waals surface area contributed by atoms with Gasteiger partial charge in [0.15, 0.2) is 5.82 Å². The summed E-state index contributed by atoms with van der Waals surface area (Å²) in [6.45, 7) is 0.293. The number of aliphatic hydroxyl groups is 1. The fourth-order valence-corrected chi connectivity index (χ4v) is 1.66. The van der Waals surface area contributed by atoms with E-state index in [1.165, 1.54) is 0 Å². The highest BCUT2D eigenvalue weighted by Crippen LogP contribution is 2.36.